The number of hydrogen-bond donors (Lipinski definition) is 1. The topological polar surface area (TPSA) is 132 Å². The quantitative estimate of drug-likeness (QED) is 0.502. The van der Waals surface area contributed by atoms with Crippen molar-refractivity contribution in [2.45, 2.75) is 12.8 Å². The van der Waals surface area contributed by atoms with E-state index in [2.05, 4.69) is 45.2 Å². The Bertz CT molecular complexity index is 1160. The maximum absolute atomic E-state index is 12.9. The van der Waals surface area contributed by atoms with Crippen LogP contribution in [0.15, 0.2) is 56.2 Å². The van der Waals surface area contributed by atoms with Crippen molar-refractivity contribution in [1.29, 1.82) is 0 Å². The molecule has 1 fully saturated rings. The second-order valence-corrected chi connectivity index (χ2v) is 7.08. The van der Waals surface area contributed by atoms with Crippen molar-refractivity contribution in [2.24, 2.45) is 5.92 Å². The van der Waals surface area contributed by atoms with Gasteiger partial charge in [0.05, 0.1) is 5.92 Å². The van der Waals surface area contributed by atoms with Gasteiger partial charge in [-0.3, -0.25) is 9.36 Å². The fourth-order valence-corrected chi connectivity index (χ4v) is 3.54. The van der Waals surface area contributed by atoms with Crippen LogP contribution in [0, 0.1) is 5.92 Å². The molecule has 12 heteroatoms. The Kier molecular flexibility index (Phi) is 5.01. The molecule has 0 unspecified atom stereocenters. The maximum atomic E-state index is 12.9. The van der Waals surface area contributed by atoms with Gasteiger partial charge in [-0.2, -0.15) is 5.10 Å². The van der Waals surface area contributed by atoms with Crippen molar-refractivity contribution in [3.8, 4) is 11.6 Å². The van der Waals surface area contributed by atoms with Gasteiger partial charge in [-0.15, -0.1) is 0 Å². The largest absolute Gasteiger partial charge is 0.356 e. The summed E-state index contributed by atoms with van der Waals surface area (Å²) in [4.78, 5) is 40.0. The van der Waals surface area contributed by atoms with E-state index in [9.17, 15) is 4.79 Å². The molecule has 5 heterocycles. The molecular formula is C19H19N11O. The molecule has 156 valence electrons. The average Bonchev–Trinajstić information content (AvgIpc) is 3.54. The Labute approximate surface area is 177 Å². The first-order valence-electron chi connectivity index (χ1n) is 9.79. The highest BCUT2D eigenvalue weighted by Crippen LogP contribution is 2.23. The Morgan fingerprint density at radius 3 is 2.68 bits per heavy atom. The molecule has 4 aromatic heterocycles. The van der Waals surface area contributed by atoms with E-state index in [4.69, 9.17) is 0 Å². The minimum atomic E-state index is -0.190. The molecule has 4 aromatic rings. The number of imidazole rings is 1. The first-order chi connectivity index (χ1) is 15.3. The van der Waals surface area contributed by atoms with Crippen LogP contribution in [0.2, 0.25) is 0 Å². The van der Waals surface area contributed by atoms with Crippen LogP contribution in [0.25, 0.3) is 11.6 Å². The van der Waals surface area contributed by atoms with E-state index in [1.807, 2.05) is 16.8 Å². The lowest BCUT2D eigenvalue weighted by molar-refractivity contribution is -0.120. The molecule has 0 bridgehead atoms. The van der Waals surface area contributed by atoms with Crippen LogP contribution in [0.4, 0.5) is 11.6 Å². The second-order valence-electron chi connectivity index (χ2n) is 7.08. The van der Waals surface area contributed by atoms with Crippen molar-refractivity contribution in [2.75, 3.05) is 23.3 Å². The minimum Gasteiger partial charge on any atom is -0.356 e. The summed E-state index contributed by atoms with van der Waals surface area (Å²) in [6, 6.07) is 3.56. The number of nitrogens with one attached hydrogen (secondary N) is 1. The zero-order valence-electron chi connectivity index (χ0n) is 16.5. The van der Waals surface area contributed by atoms with Crippen molar-refractivity contribution in [3.63, 3.8) is 0 Å². The zero-order chi connectivity index (χ0) is 21.0. The Morgan fingerprint density at radius 1 is 0.968 bits per heavy atom. The summed E-state index contributed by atoms with van der Waals surface area (Å²) in [6.07, 6.45) is 12.8. The first-order valence-corrected chi connectivity index (χ1v) is 9.79. The Morgan fingerprint density at radius 2 is 1.84 bits per heavy atom. The van der Waals surface area contributed by atoms with Crippen molar-refractivity contribution in [3.05, 3.63) is 56.2 Å². The van der Waals surface area contributed by atoms with E-state index >= 15 is 0 Å². The molecule has 5 rings (SSSR count). The standard InChI is InChI=1S/C19H19N11O/c31-19(27-15-6-18(25-10-22-15)30-13-21-9-26-30)14-2-1-4-28(8-14)16-7-17(24-11-23-16)29-5-3-20-12-29/h3,5-7,9-14H,1-2,4,8H2,(H,22,25,27,31)/t14-/m0/s1. The third-order valence-electron chi connectivity index (χ3n) is 5.08. The van der Waals surface area contributed by atoms with E-state index < -0.39 is 0 Å². The summed E-state index contributed by atoms with van der Waals surface area (Å²) in [6.45, 7) is 1.39. The molecule has 0 radical (unpaired) electrons. The van der Waals surface area contributed by atoms with Crippen LogP contribution in [-0.2, 0) is 4.79 Å². The first kappa shape index (κ1) is 18.8. The number of aromatic nitrogens is 9. The smallest absolute Gasteiger partial charge is 0.230 e. The van der Waals surface area contributed by atoms with Gasteiger partial charge in [0.1, 0.15) is 49.1 Å². The van der Waals surface area contributed by atoms with Crippen LogP contribution in [0.1, 0.15) is 12.8 Å². The van der Waals surface area contributed by atoms with Crippen molar-refractivity contribution < 1.29 is 4.79 Å². The van der Waals surface area contributed by atoms with Gasteiger partial charge in [0.2, 0.25) is 5.91 Å². The number of rotatable bonds is 5. The number of anilines is 2. The highest BCUT2D eigenvalue weighted by Gasteiger charge is 2.27. The second kappa shape index (κ2) is 8.26. The lowest BCUT2D eigenvalue weighted by Crippen LogP contribution is -2.41. The van der Waals surface area contributed by atoms with E-state index in [-0.39, 0.29) is 11.8 Å². The van der Waals surface area contributed by atoms with Gasteiger partial charge in [0.25, 0.3) is 0 Å². The van der Waals surface area contributed by atoms with Crippen LogP contribution < -0.4 is 10.2 Å². The number of piperidine rings is 1. The van der Waals surface area contributed by atoms with E-state index in [1.54, 1.807) is 18.6 Å². The minimum absolute atomic E-state index is 0.0863. The normalized spacial score (nSPS) is 16.3. The summed E-state index contributed by atoms with van der Waals surface area (Å²) in [7, 11) is 0. The zero-order valence-corrected chi connectivity index (χ0v) is 16.5. The van der Waals surface area contributed by atoms with Crippen molar-refractivity contribution in [1.82, 2.24) is 44.3 Å². The molecule has 1 atom stereocenters. The van der Waals surface area contributed by atoms with Gasteiger partial charge in [0.15, 0.2) is 5.82 Å². The van der Waals surface area contributed by atoms with Crippen LogP contribution >= 0.6 is 0 Å². The lowest BCUT2D eigenvalue weighted by Gasteiger charge is -2.32. The Balaban J connectivity index is 1.28. The van der Waals surface area contributed by atoms with Crippen molar-refractivity contribution >= 4 is 17.5 Å². The molecular weight excluding hydrogens is 398 g/mol. The molecule has 31 heavy (non-hydrogen) atoms. The Hall–Kier alpha value is -4.22. The fourth-order valence-electron chi connectivity index (χ4n) is 3.54. The monoisotopic (exact) mass is 417 g/mol. The molecule has 1 aliphatic rings. The number of carbonyl (C=O) groups excluding carboxylic acids is 1. The number of carbonyl (C=O) groups is 1. The van der Waals surface area contributed by atoms with Gasteiger partial charge in [-0.05, 0) is 12.8 Å². The fraction of sp³-hybridized carbons (Fsp3) is 0.263. The maximum Gasteiger partial charge on any atom is 0.230 e. The molecule has 0 aromatic carbocycles. The average molecular weight is 417 g/mol. The number of nitrogens with zero attached hydrogens (tertiary/aromatic N) is 10. The van der Waals surface area contributed by atoms with Gasteiger partial charge >= 0.3 is 0 Å². The molecule has 1 aliphatic heterocycles. The summed E-state index contributed by atoms with van der Waals surface area (Å²) in [5.74, 6) is 2.19. The van der Waals surface area contributed by atoms with Crippen LogP contribution in [-0.4, -0.2) is 63.2 Å². The van der Waals surface area contributed by atoms with Crippen LogP contribution in [0.3, 0.4) is 0 Å². The van der Waals surface area contributed by atoms with Gasteiger partial charge in [0, 0.05) is 37.6 Å². The SMILES string of the molecule is O=C(Nc1cc(-n2cncn2)ncn1)[C@H]1CCCN(c2cc(-n3ccnc3)ncn2)C1. The van der Waals surface area contributed by atoms with E-state index in [0.29, 0.717) is 18.2 Å². The predicted molar refractivity (Wildman–Crippen MR) is 110 cm³/mol. The molecule has 1 N–H and O–H groups in total. The molecule has 0 aliphatic carbocycles. The van der Waals surface area contributed by atoms with Gasteiger partial charge in [-0.25, -0.2) is 34.6 Å². The molecule has 12 nitrogen and oxygen atoms in total. The third kappa shape index (κ3) is 4.08. The van der Waals surface area contributed by atoms with E-state index in [1.165, 1.54) is 30.0 Å². The molecule has 1 saturated heterocycles. The molecule has 0 spiro atoms. The number of amides is 1. The summed E-state index contributed by atoms with van der Waals surface area (Å²) in [5.41, 5.74) is 0. The highest BCUT2D eigenvalue weighted by molar-refractivity contribution is 5.92. The van der Waals surface area contributed by atoms with Gasteiger partial charge < -0.3 is 10.2 Å². The van der Waals surface area contributed by atoms with E-state index in [0.717, 1.165) is 31.0 Å². The predicted octanol–water partition coefficient (Wildman–Crippen LogP) is 0.888. The molecule has 1 amide bonds. The molecule has 0 saturated carbocycles. The summed E-state index contributed by atoms with van der Waals surface area (Å²) in [5, 5.41) is 6.94. The van der Waals surface area contributed by atoms with Gasteiger partial charge in [-0.1, -0.05) is 0 Å². The summed E-state index contributed by atoms with van der Waals surface area (Å²) >= 11 is 0. The van der Waals surface area contributed by atoms with Crippen LogP contribution in [0.5, 0.6) is 0 Å². The highest BCUT2D eigenvalue weighted by atomic mass is 16.2. The number of hydrogen-bond acceptors (Lipinski definition) is 9. The third-order valence-corrected chi connectivity index (χ3v) is 5.08. The summed E-state index contributed by atoms with van der Waals surface area (Å²) < 4.78 is 3.33. The lowest BCUT2D eigenvalue weighted by atomic mass is 9.97.